The first-order valence-electron chi connectivity index (χ1n) is 8.87. The SMILES string of the molecule is CCCC[C@@H](NP(=O)(c1ccccc1)C(C)(C)C)c1ccccc1. The van der Waals surface area contributed by atoms with E-state index >= 15 is 0 Å². The molecule has 0 bridgehead atoms. The Hall–Kier alpha value is -1.37. The predicted octanol–water partition coefficient (Wildman–Crippen LogP) is 5.91. The van der Waals surface area contributed by atoms with Crippen LogP contribution in [0.1, 0.15) is 58.6 Å². The van der Waals surface area contributed by atoms with Crippen LogP contribution >= 0.6 is 7.29 Å². The smallest absolute Gasteiger partial charge is 0.181 e. The van der Waals surface area contributed by atoms with Gasteiger partial charge in [-0.25, -0.2) is 0 Å². The number of hydrogen-bond acceptors (Lipinski definition) is 1. The van der Waals surface area contributed by atoms with E-state index in [0.29, 0.717) is 0 Å². The molecule has 0 radical (unpaired) electrons. The highest BCUT2D eigenvalue weighted by Crippen LogP contribution is 2.55. The summed E-state index contributed by atoms with van der Waals surface area (Å²) >= 11 is 0. The lowest BCUT2D eigenvalue weighted by Crippen LogP contribution is -2.34. The molecular weight excluding hydrogens is 313 g/mol. The molecule has 2 nitrogen and oxygen atoms in total. The van der Waals surface area contributed by atoms with Gasteiger partial charge in [-0.15, -0.1) is 0 Å². The number of benzene rings is 2. The first-order valence-corrected chi connectivity index (χ1v) is 10.6. The maximum absolute atomic E-state index is 14.1. The van der Waals surface area contributed by atoms with Crippen LogP contribution in [-0.4, -0.2) is 5.16 Å². The summed E-state index contributed by atoms with van der Waals surface area (Å²) in [5.41, 5.74) is 1.21. The zero-order valence-electron chi connectivity index (χ0n) is 15.3. The van der Waals surface area contributed by atoms with Crippen molar-refractivity contribution in [1.29, 1.82) is 0 Å². The molecule has 2 rings (SSSR count). The Kier molecular flexibility index (Phi) is 6.43. The van der Waals surface area contributed by atoms with Crippen LogP contribution in [0.25, 0.3) is 0 Å². The van der Waals surface area contributed by atoms with Crippen LogP contribution in [0.4, 0.5) is 0 Å². The van der Waals surface area contributed by atoms with Gasteiger partial charge in [0.05, 0.1) is 0 Å². The molecule has 0 spiro atoms. The third-order valence-electron chi connectivity index (χ3n) is 4.45. The third kappa shape index (κ3) is 4.37. The Morgan fingerprint density at radius 2 is 1.50 bits per heavy atom. The second-order valence-electron chi connectivity index (χ2n) is 7.35. The van der Waals surface area contributed by atoms with E-state index in [4.69, 9.17) is 0 Å². The minimum atomic E-state index is -2.77. The summed E-state index contributed by atoms with van der Waals surface area (Å²) in [6, 6.07) is 20.4. The van der Waals surface area contributed by atoms with E-state index in [1.54, 1.807) is 0 Å². The summed E-state index contributed by atoms with van der Waals surface area (Å²) in [7, 11) is -2.77. The normalized spacial score (nSPS) is 15.7. The summed E-state index contributed by atoms with van der Waals surface area (Å²) in [4.78, 5) is 0. The minimum Gasteiger partial charge on any atom is -0.301 e. The molecule has 130 valence electrons. The average Bonchev–Trinajstić information content (AvgIpc) is 2.59. The summed E-state index contributed by atoms with van der Waals surface area (Å²) in [6.07, 6.45) is 3.25. The highest BCUT2D eigenvalue weighted by molar-refractivity contribution is 7.71. The van der Waals surface area contributed by atoms with Gasteiger partial charge in [0.1, 0.15) is 0 Å². The van der Waals surface area contributed by atoms with Crippen molar-refractivity contribution in [3.05, 3.63) is 66.2 Å². The van der Waals surface area contributed by atoms with Gasteiger partial charge < -0.3 is 4.57 Å². The molecule has 0 saturated carbocycles. The van der Waals surface area contributed by atoms with Gasteiger partial charge in [0.2, 0.25) is 0 Å². The summed E-state index contributed by atoms with van der Waals surface area (Å²) in [5.74, 6) is 0. The minimum absolute atomic E-state index is 0.108. The van der Waals surface area contributed by atoms with Crippen molar-refractivity contribution in [3.8, 4) is 0 Å². The van der Waals surface area contributed by atoms with Crippen LogP contribution < -0.4 is 10.4 Å². The fourth-order valence-electron chi connectivity index (χ4n) is 2.91. The van der Waals surface area contributed by atoms with Gasteiger partial charge in [0, 0.05) is 16.5 Å². The van der Waals surface area contributed by atoms with E-state index in [-0.39, 0.29) is 11.2 Å². The fraction of sp³-hybridized carbons (Fsp3) is 0.429. The third-order valence-corrected chi connectivity index (χ3v) is 8.04. The summed E-state index contributed by atoms with van der Waals surface area (Å²) < 4.78 is 14.1. The lowest BCUT2D eigenvalue weighted by molar-refractivity contribution is 0.507. The van der Waals surface area contributed by atoms with Gasteiger partial charge in [0.15, 0.2) is 7.29 Å². The average molecular weight is 343 g/mol. The number of unbranched alkanes of at least 4 members (excludes halogenated alkanes) is 1. The van der Waals surface area contributed by atoms with Crippen LogP contribution in [0.2, 0.25) is 0 Å². The Morgan fingerprint density at radius 3 is 2.00 bits per heavy atom. The van der Waals surface area contributed by atoms with Crippen LogP contribution in [0.15, 0.2) is 60.7 Å². The Bertz CT molecular complexity index is 661. The molecule has 24 heavy (non-hydrogen) atoms. The molecule has 2 atom stereocenters. The molecule has 1 N–H and O–H groups in total. The summed E-state index contributed by atoms with van der Waals surface area (Å²) in [6.45, 7) is 8.39. The summed E-state index contributed by atoms with van der Waals surface area (Å²) in [5, 5.41) is 4.17. The molecule has 0 fully saturated rings. The van der Waals surface area contributed by atoms with Gasteiger partial charge in [-0.1, -0.05) is 101 Å². The van der Waals surface area contributed by atoms with Gasteiger partial charge >= 0.3 is 0 Å². The first-order chi connectivity index (χ1) is 11.4. The van der Waals surface area contributed by atoms with E-state index in [1.807, 2.05) is 36.4 Å². The topological polar surface area (TPSA) is 29.1 Å². The second-order valence-corrected chi connectivity index (χ2v) is 10.7. The molecule has 3 heteroatoms. The Balaban J connectivity index is 2.40. The zero-order chi connectivity index (χ0) is 17.6. The molecule has 0 aromatic heterocycles. The zero-order valence-corrected chi connectivity index (χ0v) is 16.2. The molecular formula is C21H30NOP. The number of rotatable bonds is 7. The van der Waals surface area contributed by atoms with E-state index in [9.17, 15) is 4.57 Å². The van der Waals surface area contributed by atoms with Gasteiger partial charge in [0.25, 0.3) is 0 Å². The monoisotopic (exact) mass is 343 g/mol. The second kappa shape index (κ2) is 8.14. The number of nitrogens with one attached hydrogen (secondary N) is 1. The van der Waals surface area contributed by atoms with Crippen LogP contribution in [0, 0.1) is 0 Å². The van der Waals surface area contributed by atoms with Crippen molar-refractivity contribution in [2.45, 2.75) is 58.2 Å². The van der Waals surface area contributed by atoms with Crippen molar-refractivity contribution in [2.24, 2.45) is 0 Å². The number of hydrogen-bond donors (Lipinski definition) is 1. The van der Waals surface area contributed by atoms with Crippen molar-refractivity contribution in [3.63, 3.8) is 0 Å². The molecule has 1 unspecified atom stereocenters. The van der Waals surface area contributed by atoms with Crippen LogP contribution in [0.3, 0.4) is 0 Å². The van der Waals surface area contributed by atoms with Gasteiger partial charge in [-0.2, -0.15) is 0 Å². The quantitative estimate of drug-likeness (QED) is 0.633. The van der Waals surface area contributed by atoms with Crippen molar-refractivity contribution in [2.75, 3.05) is 0 Å². The van der Waals surface area contributed by atoms with Crippen LogP contribution in [-0.2, 0) is 4.57 Å². The maximum atomic E-state index is 14.1. The Morgan fingerprint density at radius 1 is 0.958 bits per heavy atom. The van der Waals surface area contributed by atoms with Gasteiger partial charge in [-0.3, -0.25) is 5.09 Å². The maximum Gasteiger partial charge on any atom is 0.181 e. The van der Waals surface area contributed by atoms with E-state index in [2.05, 4.69) is 57.0 Å². The fourth-order valence-corrected chi connectivity index (χ4v) is 5.53. The Labute approximate surface area is 147 Å². The van der Waals surface area contributed by atoms with Crippen LogP contribution in [0.5, 0.6) is 0 Å². The predicted molar refractivity (Wildman–Crippen MR) is 105 cm³/mol. The van der Waals surface area contributed by atoms with E-state index in [0.717, 1.165) is 24.6 Å². The molecule has 0 heterocycles. The van der Waals surface area contributed by atoms with Crippen molar-refractivity contribution < 1.29 is 4.57 Å². The van der Waals surface area contributed by atoms with Crippen molar-refractivity contribution >= 4 is 12.6 Å². The molecule has 0 saturated heterocycles. The standard InChI is InChI=1S/C21H30NOP/c1-5-6-17-20(18-13-9-7-10-14-18)22-24(23,21(2,3)4)19-15-11-8-12-16-19/h7-16,20H,5-6,17H2,1-4H3,(H,22,23)/t20-,24?/m1/s1. The first kappa shape index (κ1) is 19.0. The molecule has 0 aliphatic carbocycles. The largest absolute Gasteiger partial charge is 0.301 e. The lowest BCUT2D eigenvalue weighted by Gasteiger charge is -2.36. The highest BCUT2D eigenvalue weighted by atomic mass is 31.2. The molecule has 0 amide bonds. The van der Waals surface area contributed by atoms with Gasteiger partial charge in [-0.05, 0) is 12.0 Å². The van der Waals surface area contributed by atoms with Crippen molar-refractivity contribution in [1.82, 2.24) is 5.09 Å². The molecule has 0 aliphatic heterocycles. The lowest BCUT2D eigenvalue weighted by atomic mass is 10.0. The highest BCUT2D eigenvalue weighted by Gasteiger charge is 2.39. The van der Waals surface area contributed by atoms with E-state index < -0.39 is 7.29 Å². The van der Waals surface area contributed by atoms with E-state index in [1.165, 1.54) is 5.56 Å². The molecule has 2 aromatic carbocycles. The molecule has 0 aliphatic rings. The molecule has 2 aromatic rings.